The summed E-state index contributed by atoms with van der Waals surface area (Å²) in [5.41, 5.74) is 2.11. The monoisotopic (exact) mass is 251 g/mol. The highest BCUT2D eigenvalue weighted by Crippen LogP contribution is 2.18. The van der Waals surface area contributed by atoms with E-state index in [1.54, 1.807) is 0 Å². The van der Waals surface area contributed by atoms with Crippen molar-refractivity contribution in [2.24, 2.45) is 0 Å². The number of hydrogen-bond donors (Lipinski definition) is 1. The van der Waals surface area contributed by atoms with E-state index in [9.17, 15) is 0 Å². The summed E-state index contributed by atoms with van der Waals surface area (Å²) in [7, 11) is 1.93. The number of rotatable bonds is 8. The van der Waals surface area contributed by atoms with Crippen molar-refractivity contribution in [2.45, 2.75) is 27.3 Å². The number of aryl methyl sites for hydroxylation is 1. The van der Waals surface area contributed by atoms with E-state index in [2.05, 4.69) is 29.0 Å². The second-order valence-corrected chi connectivity index (χ2v) is 4.34. The maximum Gasteiger partial charge on any atom is 0.127 e. The maximum absolute atomic E-state index is 5.88. The van der Waals surface area contributed by atoms with Gasteiger partial charge < -0.3 is 15.0 Å². The van der Waals surface area contributed by atoms with Crippen molar-refractivity contribution in [1.29, 1.82) is 0 Å². The Morgan fingerprint density at radius 2 is 2.06 bits per heavy atom. The molecule has 0 unspecified atom stereocenters. The molecule has 4 heteroatoms. The summed E-state index contributed by atoms with van der Waals surface area (Å²) in [5, 5.41) is 3.13. The van der Waals surface area contributed by atoms with Crippen LogP contribution in [0.15, 0.2) is 12.3 Å². The van der Waals surface area contributed by atoms with Crippen molar-refractivity contribution in [3.05, 3.63) is 23.5 Å². The van der Waals surface area contributed by atoms with E-state index in [-0.39, 0.29) is 0 Å². The second-order valence-electron chi connectivity index (χ2n) is 4.34. The molecule has 0 amide bonds. The highest BCUT2D eigenvalue weighted by molar-refractivity contribution is 5.32. The van der Waals surface area contributed by atoms with Crippen molar-refractivity contribution >= 4 is 0 Å². The van der Waals surface area contributed by atoms with Crippen molar-refractivity contribution in [3.63, 3.8) is 0 Å². The van der Waals surface area contributed by atoms with Crippen LogP contribution in [0, 0.1) is 6.92 Å². The van der Waals surface area contributed by atoms with Crippen molar-refractivity contribution < 1.29 is 4.74 Å². The molecule has 0 aliphatic rings. The third-order valence-electron chi connectivity index (χ3n) is 3.01. The zero-order chi connectivity index (χ0) is 13.4. The van der Waals surface area contributed by atoms with Crippen LogP contribution in [0.5, 0.6) is 5.75 Å². The summed E-state index contributed by atoms with van der Waals surface area (Å²) in [6, 6.07) is 2.01. The Morgan fingerprint density at radius 1 is 1.33 bits per heavy atom. The zero-order valence-electron chi connectivity index (χ0n) is 12.0. The first-order chi connectivity index (χ1) is 8.71. The van der Waals surface area contributed by atoms with Crippen LogP contribution >= 0.6 is 0 Å². The zero-order valence-corrected chi connectivity index (χ0v) is 12.0. The van der Waals surface area contributed by atoms with Gasteiger partial charge in [-0.05, 0) is 27.1 Å². The molecule has 0 aromatic carbocycles. The van der Waals surface area contributed by atoms with Gasteiger partial charge in [-0.1, -0.05) is 13.8 Å². The SMILES string of the molecule is CCN(CC)CCOc1cc(C)ncc1CNC. The van der Waals surface area contributed by atoms with Gasteiger partial charge in [0, 0.05) is 36.6 Å². The van der Waals surface area contributed by atoms with Crippen LogP contribution in [0.25, 0.3) is 0 Å². The number of hydrogen-bond acceptors (Lipinski definition) is 4. The van der Waals surface area contributed by atoms with Gasteiger partial charge in [0.25, 0.3) is 0 Å². The molecule has 0 saturated heterocycles. The molecular weight excluding hydrogens is 226 g/mol. The average Bonchev–Trinajstić information content (AvgIpc) is 2.38. The lowest BCUT2D eigenvalue weighted by Gasteiger charge is -2.19. The largest absolute Gasteiger partial charge is 0.492 e. The van der Waals surface area contributed by atoms with Crippen LogP contribution < -0.4 is 10.1 Å². The first kappa shape index (κ1) is 14.9. The third kappa shape index (κ3) is 4.63. The second kappa shape index (κ2) is 8.06. The normalized spacial score (nSPS) is 10.9. The molecule has 1 aromatic heterocycles. The molecule has 0 aliphatic heterocycles. The van der Waals surface area contributed by atoms with Gasteiger partial charge in [-0.3, -0.25) is 4.98 Å². The van der Waals surface area contributed by atoms with Gasteiger partial charge in [0.1, 0.15) is 12.4 Å². The van der Waals surface area contributed by atoms with Gasteiger partial charge in [0.05, 0.1) is 0 Å². The molecule has 1 rings (SSSR count). The van der Waals surface area contributed by atoms with Crippen molar-refractivity contribution in [3.8, 4) is 5.75 Å². The van der Waals surface area contributed by atoms with Crippen molar-refractivity contribution in [1.82, 2.24) is 15.2 Å². The topological polar surface area (TPSA) is 37.4 Å². The van der Waals surface area contributed by atoms with Crippen LogP contribution in [0.2, 0.25) is 0 Å². The lowest BCUT2D eigenvalue weighted by Crippen LogP contribution is -2.28. The molecule has 0 atom stereocenters. The lowest BCUT2D eigenvalue weighted by atomic mass is 10.2. The molecular formula is C14H25N3O. The number of ether oxygens (including phenoxy) is 1. The third-order valence-corrected chi connectivity index (χ3v) is 3.01. The lowest BCUT2D eigenvalue weighted by molar-refractivity contribution is 0.221. The van der Waals surface area contributed by atoms with Crippen LogP contribution in [0.4, 0.5) is 0 Å². The summed E-state index contributed by atoms with van der Waals surface area (Å²) in [6.07, 6.45) is 1.89. The molecule has 0 bridgehead atoms. The maximum atomic E-state index is 5.88. The summed E-state index contributed by atoms with van der Waals surface area (Å²) in [4.78, 5) is 6.66. The smallest absolute Gasteiger partial charge is 0.127 e. The average molecular weight is 251 g/mol. The fourth-order valence-corrected chi connectivity index (χ4v) is 1.85. The molecule has 1 heterocycles. The number of likely N-dealkylation sites (N-methyl/N-ethyl adjacent to an activating group) is 1. The molecule has 1 aromatic rings. The van der Waals surface area contributed by atoms with Gasteiger partial charge in [0.2, 0.25) is 0 Å². The van der Waals surface area contributed by atoms with E-state index in [0.717, 1.165) is 49.8 Å². The minimum absolute atomic E-state index is 0.724. The van der Waals surface area contributed by atoms with Gasteiger partial charge in [-0.25, -0.2) is 0 Å². The molecule has 0 aliphatic carbocycles. The molecule has 0 fully saturated rings. The first-order valence-corrected chi connectivity index (χ1v) is 6.66. The predicted molar refractivity (Wildman–Crippen MR) is 75.0 cm³/mol. The Bertz CT molecular complexity index is 351. The molecule has 0 spiro atoms. The Hall–Kier alpha value is -1.13. The first-order valence-electron chi connectivity index (χ1n) is 6.66. The van der Waals surface area contributed by atoms with E-state index >= 15 is 0 Å². The van der Waals surface area contributed by atoms with Gasteiger partial charge in [-0.2, -0.15) is 0 Å². The summed E-state index contributed by atoms with van der Waals surface area (Å²) >= 11 is 0. The fraction of sp³-hybridized carbons (Fsp3) is 0.643. The molecule has 18 heavy (non-hydrogen) atoms. The van der Waals surface area contributed by atoms with E-state index < -0.39 is 0 Å². The predicted octanol–water partition coefficient (Wildman–Crippen LogP) is 1.83. The molecule has 1 N–H and O–H groups in total. The van der Waals surface area contributed by atoms with Crippen molar-refractivity contribution in [2.75, 3.05) is 33.3 Å². The molecule has 102 valence electrons. The number of nitrogens with one attached hydrogen (secondary N) is 1. The van der Waals surface area contributed by atoms with Gasteiger partial charge >= 0.3 is 0 Å². The Balaban J connectivity index is 2.56. The Morgan fingerprint density at radius 3 is 2.67 bits per heavy atom. The minimum atomic E-state index is 0.724. The van der Waals surface area contributed by atoms with Crippen LogP contribution in [-0.4, -0.2) is 43.2 Å². The molecule has 0 saturated carbocycles. The molecule has 4 nitrogen and oxygen atoms in total. The van der Waals surface area contributed by atoms with E-state index in [1.165, 1.54) is 0 Å². The Labute approximate surface area is 110 Å². The molecule has 0 radical (unpaired) electrons. The summed E-state index contributed by atoms with van der Waals surface area (Å²) < 4.78 is 5.88. The summed E-state index contributed by atoms with van der Waals surface area (Å²) in [6.45, 7) is 10.9. The Kier molecular flexibility index (Phi) is 6.68. The summed E-state index contributed by atoms with van der Waals surface area (Å²) in [5.74, 6) is 0.948. The quantitative estimate of drug-likeness (QED) is 0.765. The standard InChI is InChI=1S/C14H25N3O/c1-5-17(6-2)7-8-18-14-9-12(3)16-11-13(14)10-15-4/h9,11,15H,5-8,10H2,1-4H3. The van der Waals surface area contributed by atoms with Gasteiger partial charge in [0.15, 0.2) is 0 Å². The van der Waals surface area contributed by atoms with Crippen LogP contribution in [0.3, 0.4) is 0 Å². The van der Waals surface area contributed by atoms with Crippen LogP contribution in [0.1, 0.15) is 25.1 Å². The number of nitrogens with zero attached hydrogens (tertiary/aromatic N) is 2. The number of aromatic nitrogens is 1. The fourth-order valence-electron chi connectivity index (χ4n) is 1.85. The van der Waals surface area contributed by atoms with E-state index in [1.807, 2.05) is 26.2 Å². The van der Waals surface area contributed by atoms with E-state index in [4.69, 9.17) is 4.74 Å². The van der Waals surface area contributed by atoms with Gasteiger partial charge in [-0.15, -0.1) is 0 Å². The highest BCUT2D eigenvalue weighted by atomic mass is 16.5. The van der Waals surface area contributed by atoms with Crippen LogP contribution in [-0.2, 0) is 6.54 Å². The minimum Gasteiger partial charge on any atom is -0.492 e. The highest BCUT2D eigenvalue weighted by Gasteiger charge is 2.05. The number of pyridine rings is 1. The van der Waals surface area contributed by atoms with E-state index in [0.29, 0.717) is 0 Å².